The van der Waals surface area contributed by atoms with Gasteiger partial charge in [-0.25, -0.2) is 0 Å². The molecule has 2 aromatic rings. The van der Waals surface area contributed by atoms with E-state index in [1.54, 1.807) is 17.4 Å². The summed E-state index contributed by atoms with van der Waals surface area (Å²) in [6.07, 6.45) is 0. The summed E-state index contributed by atoms with van der Waals surface area (Å²) in [6.45, 7) is 4.05. The van der Waals surface area contributed by atoms with Crippen LogP contribution in [0.3, 0.4) is 0 Å². The van der Waals surface area contributed by atoms with Crippen LogP contribution in [-0.4, -0.2) is 5.91 Å². The van der Waals surface area contributed by atoms with E-state index >= 15 is 0 Å². The first kappa shape index (κ1) is 13.2. The molecule has 0 fully saturated rings. The third-order valence-corrected chi connectivity index (χ3v) is 4.26. The van der Waals surface area contributed by atoms with Crippen LogP contribution in [0.15, 0.2) is 41.3 Å². The fourth-order valence-electron chi connectivity index (χ4n) is 1.70. The number of hydrogen-bond acceptors (Lipinski definition) is 3. The monoisotopic (exact) mass is 277 g/mol. The van der Waals surface area contributed by atoms with E-state index in [0.717, 1.165) is 4.88 Å². The van der Waals surface area contributed by atoms with Crippen molar-refractivity contribution in [1.82, 2.24) is 5.32 Å². The first-order valence-electron chi connectivity index (χ1n) is 5.73. The molecular weight excluding hydrogens is 262 g/mol. The molecule has 2 rings (SSSR count). The van der Waals surface area contributed by atoms with Crippen molar-refractivity contribution in [3.05, 3.63) is 51.7 Å². The summed E-state index contributed by atoms with van der Waals surface area (Å²) in [5.74, 6) is -0.0841. The van der Waals surface area contributed by atoms with E-state index in [0.29, 0.717) is 10.5 Å². The molecule has 0 aliphatic heterocycles. The van der Waals surface area contributed by atoms with Crippen LogP contribution in [0.25, 0.3) is 0 Å². The number of nitrogens with one attached hydrogen (secondary N) is 1. The third kappa shape index (κ3) is 2.94. The largest absolute Gasteiger partial charge is 0.345 e. The Morgan fingerprint density at radius 2 is 2.00 bits per heavy atom. The third-order valence-electron chi connectivity index (χ3n) is 2.68. The second-order valence-corrected chi connectivity index (χ2v) is 5.96. The topological polar surface area (TPSA) is 29.1 Å². The lowest BCUT2D eigenvalue weighted by molar-refractivity contribution is 0.0937. The number of rotatable bonds is 3. The maximum Gasteiger partial charge on any atom is 0.252 e. The fourth-order valence-corrected chi connectivity index (χ4v) is 2.84. The number of carbonyl (C=O) groups excluding carboxylic acids is 1. The van der Waals surface area contributed by atoms with Gasteiger partial charge in [-0.1, -0.05) is 12.1 Å². The second kappa shape index (κ2) is 5.59. The standard InChI is InChI=1S/C14H15NOS2/c1-9-7-8-13(18-9)10(2)15-14(16)11-5-3-4-6-12(11)17/h3-8,10,17H,1-2H3,(H,15,16). The lowest BCUT2D eigenvalue weighted by atomic mass is 10.2. The van der Waals surface area contributed by atoms with Gasteiger partial charge in [0, 0.05) is 14.6 Å². The zero-order chi connectivity index (χ0) is 13.1. The Kier molecular flexibility index (Phi) is 4.09. The molecule has 4 heteroatoms. The number of thiophene rings is 1. The molecule has 0 spiro atoms. The number of carbonyl (C=O) groups is 1. The molecule has 0 saturated carbocycles. The van der Waals surface area contributed by atoms with Crippen LogP contribution < -0.4 is 5.32 Å². The Bertz CT molecular complexity index is 562. The van der Waals surface area contributed by atoms with Gasteiger partial charge in [-0.2, -0.15) is 0 Å². The van der Waals surface area contributed by atoms with Crippen LogP contribution in [0.1, 0.15) is 33.1 Å². The van der Waals surface area contributed by atoms with Gasteiger partial charge in [0.15, 0.2) is 0 Å². The van der Waals surface area contributed by atoms with E-state index in [1.165, 1.54) is 4.88 Å². The van der Waals surface area contributed by atoms with Crippen molar-refractivity contribution in [2.75, 3.05) is 0 Å². The summed E-state index contributed by atoms with van der Waals surface area (Å²) in [5.41, 5.74) is 0.612. The molecule has 1 aromatic carbocycles. The van der Waals surface area contributed by atoms with Crippen LogP contribution in [0, 0.1) is 6.92 Å². The van der Waals surface area contributed by atoms with Crippen molar-refractivity contribution < 1.29 is 4.79 Å². The molecule has 1 N–H and O–H groups in total. The van der Waals surface area contributed by atoms with Crippen molar-refractivity contribution >= 4 is 29.9 Å². The van der Waals surface area contributed by atoms with Gasteiger partial charge in [-0.05, 0) is 38.1 Å². The Balaban J connectivity index is 2.10. The van der Waals surface area contributed by atoms with E-state index < -0.39 is 0 Å². The lowest BCUT2D eigenvalue weighted by Gasteiger charge is -2.13. The van der Waals surface area contributed by atoms with Crippen molar-refractivity contribution in [2.45, 2.75) is 24.8 Å². The van der Waals surface area contributed by atoms with Gasteiger partial charge < -0.3 is 5.32 Å². The first-order valence-corrected chi connectivity index (χ1v) is 6.99. The van der Waals surface area contributed by atoms with Gasteiger partial charge in [0.05, 0.1) is 11.6 Å². The normalized spacial score (nSPS) is 12.2. The second-order valence-electron chi connectivity index (χ2n) is 4.16. The summed E-state index contributed by atoms with van der Waals surface area (Å²) in [6, 6.07) is 11.4. The summed E-state index contributed by atoms with van der Waals surface area (Å²) in [4.78, 5) is 15.2. The Morgan fingerprint density at radius 3 is 2.61 bits per heavy atom. The minimum atomic E-state index is -0.0841. The van der Waals surface area contributed by atoms with Crippen molar-refractivity contribution in [1.29, 1.82) is 0 Å². The number of thiol groups is 1. The molecule has 0 aliphatic carbocycles. The molecule has 0 bridgehead atoms. The maximum absolute atomic E-state index is 12.1. The van der Waals surface area contributed by atoms with E-state index in [1.807, 2.05) is 25.1 Å². The van der Waals surface area contributed by atoms with Gasteiger partial charge in [-0.15, -0.1) is 24.0 Å². The van der Waals surface area contributed by atoms with Crippen LogP contribution >= 0.6 is 24.0 Å². The zero-order valence-corrected chi connectivity index (χ0v) is 12.0. The molecule has 2 nitrogen and oxygen atoms in total. The fraction of sp³-hybridized carbons (Fsp3) is 0.214. The Morgan fingerprint density at radius 1 is 1.28 bits per heavy atom. The van der Waals surface area contributed by atoms with Crippen LogP contribution in [0.5, 0.6) is 0 Å². The molecule has 0 radical (unpaired) electrons. The zero-order valence-electron chi connectivity index (χ0n) is 10.3. The quantitative estimate of drug-likeness (QED) is 0.820. The molecule has 94 valence electrons. The molecule has 0 aliphatic rings. The molecule has 1 heterocycles. The SMILES string of the molecule is Cc1ccc(C(C)NC(=O)c2ccccc2S)s1. The average Bonchev–Trinajstić information content (AvgIpc) is 2.76. The maximum atomic E-state index is 12.1. The molecule has 1 amide bonds. The highest BCUT2D eigenvalue weighted by Gasteiger charge is 2.14. The van der Waals surface area contributed by atoms with E-state index in [9.17, 15) is 4.79 Å². The highest BCUT2D eigenvalue weighted by molar-refractivity contribution is 7.80. The van der Waals surface area contributed by atoms with Gasteiger partial charge in [0.2, 0.25) is 0 Å². The van der Waals surface area contributed by atoms with E-state index in [4.69, 9.17) is 0 Å². The summed E-state index contributed by atoms with van der Waals surface area (Å²) >= 11 is 6.00. The van der Waals surface area contributed by atoms with Crippen molar-refractivity contribution in [3.63, 3.8) is 0 Å². The predicted octanol–water partition coefficient (Wildman–Crippen LogP) is 3.84. The van der Waals surface area contributed by atoms with Gasteiger partial charge >= 0.3 is 0 Å². The van der Waals surface area contributed by atoms with Crippen molar-refractivity contribution in [3.8, 4) is 0 Å². The van der Waals surface area contributed by atoms with Gasteiger partial charge in [-0.3, -0.25) is 4.79 Å². The summed E-state index contributed by atoms with van der Waals surface area (Å²) in [7, 11) is 0. The first-order chi connectivity index (χ1) is 8.58. The highest BCUT2D eigenvalue weighted by atomic mass is 32.1. The molecule has 0 saturated heterocycles. The Labute approximate surface area is 116 Å². The number of hydrogen-bond donors (Lipinski definition) is 2. The van der Waals surface area contributed by atoms with Crippen LogP contribution in [-0.2, 0) is 0 Å². The Hall–Kier alpha value is -1.26. The minimum Gasteiger partial charge on any atom is -0.345 e. The average molecular weight is 277 g/mol. The molecular formula is C14H15NOS2. The van der Waals surface area contributed by atoms with E-state index in [2.05, 4.69) is 37.0 Å². The number of amides is 1. The van der Waals surface area contributed by atoms with Crippen molar-refractivity contribution in [2.24, 2.45) is 0 Å². The minimum absolute atomic E-state index is 0.0177. The van der Waals surface area contributed by atoms with E-state index in [-0.39, 0.29) is 11.9 Å². The molecule has 18 heavy (non-hydrogen) atoms. The predicted molar refractivity (Wildman–Crippen MR) is 78.6 cm³/mol. The van der Waals surface area contributed by atoms with Gasteiger partial charge in [0.1, 0.15) is 0 Å². The molecule has 1 unspecified atom stereocenters. The van der Waals surface area contributed by atoms with Gasteiger partial charge in [0.25, 0.3) is 5.91 Å². The molecule has 1 atom stereocenters. The lowest BCUT2D eigenvalue weighted by Crippen LogP contribution is -2.26. The highest BCUT2D eigenvalue weighted by Crippen LogP contribution is 2.23. The molecule has 1 aromatic heterocycles. The number of aryl methyl sites for hydroxylation is 1. The summed E-state index contributed by atoms with van der Waals surface area (Å²) < 4.78 is 0. The van der Waals surface area contributed by atoms with Crippen LogP contribution in [0.4, 0.5) is 0 Å². The number of benzene rings is 1. The van der Waals surface area contributed by atoms with Crippen LogP contribution in [0.2, 0.25) is 0 Å². The summed E-state index contributed by atoms with van der Waals surface area (Å²) in [5, 5.41) is 2.99. The smallest absolute Gasteiger partial charge is 0.252 e.